The van der Waals surface area contributed by atoms with Crippen molar-refractivity contribution in [2.45, 2.75) is 0 Å². The van der Waals surface area contributed by atoms with Gasteiger partial charge in [-0.1, -0.05) is 36.1 Å². The molecule has 2 aromatic heterocycles. The van der Waals surface area contributed by atoms with Crippen molar-refractivity contribution in [3.8, 4) is 11.1 Å². The number of nitrogens with zero attached hydrogens (tertiary/aromatic N) is 1. The van der Waals surface area contributed by atoms with E-state index in [-0.39, 0.29) is 5.91 Å². The Hall–Kier alpha value is -2.64. The van der Waals surface area contributed by atoms with Crippen molar-refractivity contribution in [2.75, 3.05) is 5.73 Å². The molecule has 1 aliphatic rings. The highest BCUT2D eigenvalue weighted by atomic mass is 32.2. The minimum absolute atomic E-state index is 0.206. The van der Waals surface area contributed by atoms with Crippen LogP contribution in [0.4, 0.5) is 5.69 Å². The first-order valence-corrected chi connectivity index (χ1v) is 8.31. The number of thiocarbonyl (C=S) groups is 1. The third-order valence-electron chi connectivity index (χ3n) is 3.58. The molecule has 0 spiro atoms. The quantitative estimate of drug-likeness (QED) is 0.416. The van der Waals surface area contributed by atoms with Gasteiger partial charge in [-0.15, -0.1) is 0 Å². The van der Waals surface area contributed by atoms with Gasteiger partial charge in [0.15, 0.2) is 0 Å². The zero-order valence-corrected chi connectivity index (χ0v) is 13.9. The lowest BCUT2D eigenvalue weighted by Gasteiger charge is -2.02. The number of pyridine rings is 1. The number of rotatable bonds is 2. The summed E-state index contributed by atoms with van der Waals surface area (Å²) in [5, 5.41) is 3.45. The molecule has 3 heterocycles. The first-order chi connectivity index (χ1) is 11.6. The van der Waals surface area contributed by atoms with Gasteiger partial charge in [-0.3, -0.25) is 9.78 Å². The third-order valence-corrected chi connectivity index (χ3v) is 4.74. The third kappa shape index (κ3) is 2.68. The average Bonchev–Trinajstić information content (AvgIpc) is 3.10. The largest absolute Gasteiger partial charge is 0.456 e. The van der Waals surface area contributed by atoms with E-state index in [9.17, 15) is 4.79 Å². The Morgan fingerprint density at radius 2 is 2.04 bits per heavy atom. The molecule has 0 atom stereocenters. The maximum atomic E-state index is 11.8. The van der Waals surface area contributed by atoms with E-state index in [2.05, 4.69) is 10.3 Å². The number of anilines is 1. The highest BCUT2D eigenvalue weighted by molar-refractivity contribution is 8.26. The molecule has 0 bridgehead atoms. The summed E-state index contributed by atoms with van der Waals surface area (Å²) in [6.07, 6.45) is 5.17. The van der Waals surface area contributed by atoms with Crippen LogP contribution in [-0.4, -0.2) is 15.2 Å². The van der Waals surface area contributed by atoms with Crippen molar-refractivity contribution in [3.63, 3.8) is 0 Å². The Morgan fingerprint density at radius 3 is 2.75 bits per heavy atom. The Bertz CT molecular complexity index is 1010. The molecule has 0 saturated carbocycles. The van der Waals surface area contributed by atoms with E-state index in [4.69, 9.17) is 22.4 Å². The van der Waals surface area contributed by atoms with E-state index in [0.29, 0.717) is 26.3 Å². The number of aromatic nitrogens is 1. The number of carbonyl (C=O) groups excluding carboxylic acids is 1. The fraction of sp³-hybridized carbons (Fsp3) is 0. The van der Waals surface area contributed by atoms with E-state index < -0.39 is 0 Å². The molecule has 0 aliphatic carbocycles. The molecule has 5 nitrogen and oxygen atoms in total. The number of hydrogen-bond donors (Lipinski definition) is 2. The Kier molecular flexibility index (Phi) is 3.59. The summed E-state index contributed by atoms with van der Waals surface area (Å²) in [7, 11) is 0. The van der Waals surface area contributed by atoms with Gasteiger partial charge in [0, 0.05) is 35.1 Å². The lowest BCUT2D eigenvalue weighted by molar-refractivity contribution is -0.115. The van der Waals surface area contributed by atoms with Crippen LogP contribution >= 0.6 is 24.0 Å². The number of nitrogens with two attached hydrogens (primary N) is 1. The van der Waals surface area contributed by atoms with E-state index in [0.717, 1.165) is 16.5 Å². The summed E-state index contributed by atoms with van der Waals surface area (Å²) in [6, 6.07) is 9.36. The highest BCUT2D eigenvalue weighted by Crippen LogP contribution is 2.33. The van der Waals surface area contributed by atoms with Crippen LogP contribution in [0.3, 0.4) is 0 Å². The number of carbonyl (C=O) groups is 1. The number of benzene rings is 1. The van der Waals surface area contributed by atoms with E-state index in [1.807, 2.05) is 30.3 Å². The van der Waals surface area contributed by atoms with Crippen molar-refractivity contribution in [1.82, 2.24) is 10.3 Å². The number of amides is 1. The molecule has 7 heteroatoms. The molecule has 118 valence electrons. The molecular formula is C17H11N3O2S2. The summed E-state index contributed by atoms with van der Waals surface area (Å²) in [4.78, 5) is 16.6. The normalized spacial score (nSPS) is 16.1. The monoisotopic (exact) mass is 353 g/mol. The summed E-state index contributed by atoms with van der Waals surface area (Å²) < 4.78 is 6.40. The SMILES string of the molecule is Nc1ccc(-c2cncc3cc(/C=C4/SC(=S)NC4=O)oc23)cc1. The van der Waals surface area contributed by atoms with Crippen LogP contribution in [0.1, 0.15) is 5.76 Å². The number of thioether (sulfide) groups is 1. The molecule has 0 radical (unpaired) electrons. The van der Waals surface area contributed by atoms with Crippen LogP contribution < -0.4 is 11.1 Å². The predicted molar refractivity (Wildman–Crippen MR) is 100 cm³/mol. The summed E-state index contributed by atoms with van der Waals surface area (Å²) in [5.41, 5.74) is 8.99. The van der Waals surface area contributed by atoms with Gasteiger partial charge >= 0.3 is 0 Å². The fourth-order valence-electron chi connectivity index (χ4n) is 2.47. The zero-order valence-electron chi connectivity index (χ0n) is 12.3. The lowest BCUT2D eigenvalue weighted by atomic mass is 10.1. The molecule has 1 aliphatic heterocycles. The minimum Gasteiger partial charge on any atom is -0.456 e. The molecule has 0 unspecified atom stereocenters. The second kappa shape index (κ2) is 5.77. The number of nitrogen functional groups attached to an aromatic ring is 1. The van der Waals surface area contributed by atoms with Gasteiger partial charge in [0.1, 0.15) is 15.7 Å². The second-order valence-corrected chi connectivity index (χ2v) is 6.95. The van der Waals surface area contributed by atoms with Crippen molar-refractivity contribution in [3.05, 3.63) is 53.4 Å². The van der Waals surface area contributed by atoms with Crippen molar-refractivity contribution >= 4 is 56.9 Å². The molecule has 3 aromatic rings. The topological polar surface area (TPSA) is 81.1 Å². The van der Waals surface area contributed by atoms with Crippen LogP contribution in [-0.2, 0) is 4.79 Å². The van der Waals surface area contributed by atoms with Crippen LogP contribution in [0.2, 0.25) is 0 Å². The summed E-state index contributed by atoms with van der Waals surface area (Å²) in [6.45, 7) is 0. The Balaban J connectivity index is 1.80. The lowest BCUT2D eigenvalue weighted by Crippen LogP contribution is -2.17. The smallest absolute Gasteiger partial charge is 0.263 e. The maximum Gasteiger partial charge on any atom is 0.263 e. The van der Waals surface area contributed by atoms with Gasteiger partial charge in [-0.2, -0.15) is 0 Å². The van der Waals surface area contributed by atoms with Crippen LogP contribution in [0, 0.1) is 0 Å². The van der Waals surface area contributed by atoms with Crippen LogP contribution in [0.25, 0.3) is 28.2 Å². The van der Waals surface area contributed by atoms with Crippen molar-refractivity contribution in [2.24, 2.45) is 0 Å². The molecule has 1 fully saturated rings. The number of furan rings is 1. The van der Waals surface area contributed by atoms with Gasteiger partial charge in [-0.05, 0) is 23.8 Å². The Morgan fingerprint density at radius 1 is 1.25 bits per heavy atom. The molecular weight excluding hydrogens is 342 g/mol. The van der Waals surface area contributed by atoms with Gasteiger partial charge in [0.25, 0.3) is 5.91 Å². The molecule has 1 saturated heterocycles. The maximum absolute atomic E-state index is 11.8. The average molecular weight is 353 g/mol. The predicted octanol–water partition coefficient (Wildman–Crippen LogP) is 3.57. The number of hydrogen-bond acceptors (Lipinski definition) is 6. The van der Waals surface area contributed by atoms with E-state index >= 15 is 0 Å². The van der Waals surface area contributed by atoms with Crippen molar-refractivity contribution in [1.29, 1.82) is 0 Å². The van der Waals surface area contributed by atoms with E-state index in [1.54, 1.807) is 18.5 Å². The zero-order chi connectivity index (χ0) is 16.7. The van der Waals surface area contributed by atoms with Gasteiger partial charge in [-0.25, -0.2) is 0 Å². The second-order valence-electron chi connectivity index (χ2n) is 5.23. The molecule has 24 heavy (non-hydrogen) atoms. The number of nitrogens with one attached hydrogen (secondary N) is 1. The van der Waals surface area contributed by atoms with Crippen LogP contribution in [0.5, 0.6) is 0 Å². The molecule has 3 N–H and O–H groups in total. The first-order valence-electron chi connectivity index (χ1n) is 7.08. The van der Waals surface area contributed by atoms with Crippen molar-refractivity contribution < 1.29 is 9.21 Å². The molecule has 1 aromatic carbocycles. The van der Waals surface area contributed by atoms with Crippen LogP contribution in [0.15, 0.2) is 52.0 Å². The Labute approximate surface area is 146 Å². The van der Waals surface area contributed by atoms with Gasteiger partial charge in [0.05, 0.1) is 4.91 Å². The molecule has 1 amide bonds. The highest BCUT2D eigenvalue weighted by Gasteiger charge is 2.22. The first kappa shape index (κ1) is 14.9. The summed E-state index contributed by atoms with van der Waals surface area (Å²) >= 11 is 6.21. The van der Waals surface area contributed by atoms with Gasteiger partial charge < -0.3 is 15.5 Å². The fourth-order valence-corrected chi connectivity index (χ4v) is 3.50. The number of fused-ring (bicyclic) bond motifs is 1. The minimum atomic E-state index is -0.206. The standard InChI is InChI=1S/C17H11N3O2S2/c18-11-3-1-9(2-4-11)13-8-19-7-10-5-12(22-15(10)13)6-14-16(21)20-17(23)24-14/h1-8H,18H2,(H,20,21,23)/b14-6+. The molecule has 4 rings (SSSR count). The van der Waals surface area contributed by atoms with Gasteiger partial charge in [0.2, 0.25) is 0 Å². The van der Waals surface area contributed by atoms with E-state index in [1.165, 1.54) is 11.8 Å². The summed E-state index contributed by atoms with van der Waals surface area (Å²) in [5.74, 6) is 0.374.